The zero-order valence-corrected chi connectivity index (χ0v) is 20.5. The third-order valence-electron chi connectivity index (χ3n) is 5.16. The van der Waals surface area contributed by atoms with Gasteiger partial charge in [-0.3, -0.25) is 14.1 Å². The second kappa shape index (κ2) is 10.6. The molecule has 6 nitrogen and oxygen atoms in total. The summed E-state index contributed by atoms with van der Waals surface area (Å²) in [7, 11) is -3.91. The van der Waals surface area contributed by atoms with Crippen molar-refractivity contribution in [3.63, 3.8) is 0 Å². The molecule has 0 aliphatic heterocycles. The number of hydrogen-bond acceptors (Lipinski definition) is 4. The number of rotatable bonds is 8. The van der Waals surface area contributed by atoms with Gasteiger partial charge in [0, 0.05) is 16.9 Å². The predicted molar refractivity (Wildman–Crippen MR) is 125 cm³/mol. The summed E-state index contributed by atoms with van der Waals surface area (Å²) in [4.78, 5) is 16.1. The molecule has 14 heteroatoms. The van der Waals surface area contributed by atoms with Gasteiger partial charge in [0.2, 0.25) is 16.4 Å². The molecule has 1 aromatic heterocycles. The van der Waals surface area contributed by atoms with Crippen LogP contribution in [0.3, 0.4) is 0 Å². The van der Waals surface area contributed by atoms with Crippen LogP contribution in [0.1, 0.15) is 22.4 Å². The fraction of sp³-hybridized carbons (Fsp3) is 0.217. The maximum Gasteiger partial charge on any atom is 0.433 e. The van der Waals surface area contributed by atoms with Gasteiger partial charge < -0.3 is 4.90 Å². The van der Waals surface area contributed by atoms with E-state index in [1.807, 2.05) is 0 Å². The predicted octanol–water partition coefficient (Wildman–Crippen LogP) is 5.90. The maximum atomic E-state index is 12.9. The average molecular weight is 566 g/mol. The van der Waals surface area contributed by atoms with Gasteiger partial charge in [-0.25, -0.2) is 8.42 Å². The van der Waals surface area contributed by atoms with E-state index in [0.717, 1.165) is 35.0 Å². The Kier molecular flexibility index (Phi) is 8.08. The highest BCUT2D eigenvalue weighted by atomic mass is 35.5. The number of anilines is 2. The van der Waals surface area contributed by atoms with Crippen molar-refractivity contribution in [3.05, 3.63) is 88.2 Å². The van der Waals surface area contributed by atoms with E-state index in [0.29, 0.717) is 23.7 Å². The quantitative estimate of drug-likeness (QED) is 0.252. The number of benzene rings is 2. The van der Waals surface area contributed by atoms with Crippen molar-refractivity contribution in [2.75, 3.05) is 15.5 Å². The summed E-state index contributed by atoms with van der Waals surface area (Å²) < 4.78 is 103. The van der Waals surface area contributed by atoms with Gasteiger partial charge in [-0.1, -0.05) is 23.7 Å². The lowest BCUT2D eigenvalue weighted by Gasteiger charge is -2.24. The van der Waals surface area contributed by atoms with Crippen LogP contribution in [0.25, 0.3) is 0 Å². The lowest BCUT2D eigenvalue weighted by Crippen LogP contribution is -2.29. The highest BCUT2D eigenvalue weighted by molar-refractivity contribution is 7.92. The minimum absolute atomic E-state index is 0.106. The number of amides is 1. The van der Waals surface area contributed by atoms with Crippen molar-refractivity contribution in [3.8, 4) is 0 Å². The molecule has 0 N–H and O–H groups in total. The van der Waals surface area contributed by atoms with Crippen LogP contribution in [0.4, 0.5) is 37.7 Å². The fourth-order valence-corrected chi connectivity index (χ4v) is 4.41. The summed E-state index contributed by atoms with van der Waals surface area (Å²) in [5.41, 5.74) is -1.16. The Morgan fingerprint density at radius 2 is 1.51 bits per heavy atom. The Balaban J connectivity index is 1.83. The van der Waals surface area contributed by atoms with Gasteiger partial charge in [-0.2, -0.15) is 26.3 Å². The van der Waals surface area contributed by atoms with Crippen molar-refractivity contribution in [1.82, 2.24) is 4.98 Å². The zero-order chi connectivity index (χ0) is 27.6. The summed E-state index contributed by atoms with van der Waals surface area (Å²) in [5, 5.41) is -0.266. The number of nitrogens with zero attached hydrogens (tertiary/aromatic N) is 3. The monoisotopic (exact) mass is 565 g/mol. The second-order valence-corrected chi connectivity index (χ2v) is 10.2. The highest BCUT2D eigenvalue weighted by Crippen LogP contribution is 2.33. The smallest absolute Gasteiger partial charge is 0.311 e. The molecule has 0 aliphatic rings. The van der Waals surface area contributed by atoms with Gasteiger partial charge in [0.15, 0.2) is 0 Å². The number of carbonyl (C=O) groups excluding carboxylic acids is 1. The molecular weight excluding hydrogens is 548 g/mol. The van der Waals surface area contributed by atoms with E-state index >= 15 is 0 Å². The van der Waals surface area contributed by atoms with Crippen LogP contribution in [-0.2, 0) is 40.3 Å². The van der Waals surface area contributed by atoms with Crippen molar-refractivity contribution >= 4 is 39.4 Å². The topological polar surface area (TPSA) is 70.6 Å². The molecule has 0 bridgehead atoms. The zero-order valence-electron chi connectivity index (χ0n) is 18.9. The lowest BCUT2D eigenvalue weighted by molar-refractivity contribution is -0.141. The first-order chi connectivity index (χ1) is 17.1. The third kappa shape index (κ3) is 7.13. The van der Waals surface area contributed by atoms with Gasteiger partial charge in [-0.15, -0.1) is 0 Å². The minimum Gasteiger partial charge on any atom is -0.311 e. The molecule has 0 saturated heterocycles. The molecule has 1 amide bonds. The van der Waals surface area contributed by atoms with Crippen molar-refractivity contribution in [1.29, 1.82) is 0 Å². The Morgan fingerprint density at radius 3 is 1.97 bits per heavy atom. The summed E-state index contributed by atoms with van der Waals surface area (Å²) >= 11 is 5.98. The molecule has 1 heterocycles. The van der Waals surface area contributed by atoms with E-state index in [4.69, 9.17) is 11.6 Å². The van der Waals surface area contributed by atoms with E-state index in [-0.39, 0.29) is 29.4 Å². The number of carbonyl (C=O) groups is 1. The Morgan fingerprint density at radius 1 is 0.892 bits per heavy atom. The van der Waals surface area contributed by atoms with E-state index in [1.165, 1.54) is 35.2 Å². The molecule has 0 saturated carbocycles. The number of aromatic nitrogens is 1. The van der Waals surface area contributed by atoms with Gasteiger partial charge >= 0.3 is 12.4 Å². The lowest BCUT2D eigenvalue weighted by atomic mass is 10.1. The first-order valence-electron chi connectivity index (χ1n) is 10.3. The summed E-state index contributed by atoms with van der Waals surface area (Å²) in [6.45, 7) is -0.464. The fourth-order valence-electron chi connectivity index (χ4n) is 3.29. The molecule has 0 aliphatic carbocycles. The number of sulfonamides is 1. The summed E-state index contributed by atoms with van der Waals surface area (Å²) in [6, 6.07) is 10.1. The SMILES string of the molecule is CS(=O)(=O)N(Cc1ccc(C(F)(F)F)cc1Cl)c1ccc(N(C=O)Cc2ccc(C(F)(F)F)nc2)cc1. The molecule has 198 valence electrons. The number of halogens is 7. The number of hydrogen-bond donors (Lipinski definition) is 0. The van der Waals surface area contributed by atoms with E-state index in [2.05, 4.69) is 4.98 Å². The first kappa shape index (κ1) is 28.3. The van der Waals surface area contributed by atoms with E-state index < -0.39 is 33.6 Å². The van der Waals surface area contributed by atoms with Crippen molar-refractivity contribution in [2.45, 2.75) is 25.4 Å². The molecule has 0 atom stereocenters. The molecular formula is C23H18ClF6N3O3S. The third-order valence-corrected chi connectivity index (χ3v) is 6.65. The minimum atomic E-state index is -4.62. The Hall–Kier alpha value is -3.32. The van der Waals surface area contributed by atoms with Gasteiger partial charge in [0.1, 0.15) is 5.69 Å². The second-order valence-electron chi connectivity index (χ2n) is 7.87. The standard InChI is InChI=1S/C23H18ClF6N3O3S/c1-37(35,36)33(13-16-3-4-17(10-20(16)24)22(25,26)27)19-7-5-18(6-8-19)32(14-34)12-15-2-9-21(31-11-15)23(28,29)30/h2-11,14H,12-13H2,1H3. The summed E-state index contributed by atoms with van der Waals surface area (Å²) in [5.74, 6) is 0. The van der Waals surface area contributed by atoms with Crippen molar-refractivity contribution in [2.24, 2.45) is 0 Å². The Bertz CT molecular complexity index is 1360. The Labute approximate surface area is 213 Å². The normalized spacial score (nSPS) is 12.3. The number of alkyl halides is 6. The van der Waals surface area contributed by atoms with E-state index in [1.54, 1.807) is 0 Å². The van der Waals surface area contributed by atoms with Crippen LogP contribution in [0.15, 0.2) is 60.8 Å². The first-order valence-corrected chi connectivity index (χ1v) is 12.5. The highest BCUT2D eigenvalue weighted by Gasteiger charge is 2.32. The van der Waals surface area contributed by atoms with Crippen LogP contribution in [0.2, 0.25) is 5.02 Å². The van der Waals surface area contributed by atoms with Crippen LogP contribution < -0.4 is 9.21 Å². The number of pyridine rings is 1. The largest absolute Gasteiger partial charge is 0.433 e. The van der Waals surface area contributed by atoms with Crippen LogP contribution in [-0.4, -0.2) is 26.1 Å². The van der Waals surface area contributed by atoms with Crippen LogP contribution in [0, 0.1) is 0 Å². The van der Waals surface area contributed by atoms with Crippen LogP contribution in [0.5, 0.6) is 0 Å². The van der Waals surface area contributed by atoms with Crippen LogP contribution >= 0.6 is 11.6 Å². The molecule has 0 spiro atoms. The molecule has 2 aromatic carbocycles. The summed E-state index contributed by atoms with van der Waals surface area (Å²) in [6.07, 6.45) is -6.87. The molecule has 3 rings (SSSR count). The average Bonchev–Trinajstić information content (AvgIpc) is 2.80. The molecule has 3 aromatic rings. The molecule has 0 fully saturated rings. The molecule has 37 heavy (non-hydrogen) atoms. The van der Waals surface area contributed by atoms with Crippen molar-refractivity contribution < 1.29 is 39.6 Å². The van der Waals surface area contributed by atoms with Gasteiger partial charge in [-0.05, 0) is 53.6 Å². The molecule has 0 radical (unpaired) electrons. The maximum absolute atomic E-state index is 12.9. The van der Waals surface area contributed by atoms with Gasteiger partial charge in [0.05, 0.1) is 30.6 Å². The van der Waals surface area contributed by atoms with Gasteiger partial charge in [0.25, 0.3) is 0 Å². The van der Waals surface area contributed by atoms with E-state index in [9.17, 15) is 39.6 Å². The molecule has 0 unspecified atom stereocenters.